The molecule has 0 saturated heterocycles. The van der Waals surface area contributed by atoms with Crippen LogP contribution >= 0.6 is 0 Å². The van der Waals surface area contributed by atoms with Crippen molar-refractivity contribution in [2.45, 2.75) is 167 Å². The first-order valence-corrected chi connectivity index (χ1v) is 13.9. The molecule has 1 unspecified atom stereocenters. The van der Waals surface area contributed by atoms with Gasteiger partial charge in [-0.3, -0.25) is 0 Å². The van der Waals surface area contributed by atoms with Crippen LogP contribution in [0.25, 0.3) is 0 Å². The van der Waals surface area contributed by atoms with Gasteiger partial charge in [0, 0.05) is 0 Å². The van der Waals surface area contributed by atoms with Gasteiger partial charge in [0.2, 0.25) is 0 Å². The molecule has 29 heavy (non-hydrogen) atoms. The van der Waals surface area contributed by atoms with E-state index >= 15 is 0 Å². The van der Waals surface area contributed by atoms with Gasteiger partial charge in [0.15, 0.2) is 0 Å². The Labute approximate surface area is 187 Å². The molecule has 0 aromatic carbocycles. The summed E-state index contributed by atoms with van der Waals surface area (Å²) in [6.07, 6.45) is 35.8. The molecule has 174 valence electrons. The summed E-state index contributed by atoms with van der Waals surface area (Å²) in [5, 5.41) is 0. The minimum absolute atomic E-state index is 0.836. The summed E-state index contributed by atoms with van der Waals surface area (Å²) in [5.74, 6) is 0.836. The van der Waals surface area contributed by atoms with Crippen LogP contribution in [0.15, 0.2) is 0 Å². The summed E-state index contributed by atoms with van der Waals surface area (Å²) in [7, 11) is 0. The minimum atomic E-state index is 0.836. The van der Waals surface area contributed by atoms with E-state index in [1.165, 1.54) is 148 Å². The van der Waals surface area contributed by atoms with Gasteiger partial charge >= 0.3 is 0 Å². The summed E-state index contributed by atoms with van der Waals surface area (Å²) < 4.78 is 0. The average Bonchev–Trinajstić information content (AvgIpc) is 2.74. The topological polar surface area (TPSA) is 0 Å². The van der Waals surface area contributed by atoms with Crippen molar-refractivity contribution in [3.8, 4) is 0 Å². The van der Waals surface area contributed by atoms with E-state index in [1.807, 2.05) is 0 Å². The molecule has 0 aliphatic carbocycles. The Balaban J connectivity index is 3.00. The number of unbranched alkanes of at least 4 members (excludes halogenated alkanes) is 22. The predicted octanol–water partition coefficient (Wildman–Crippen LogP) is 11.0. The second-order valence-electron chi connectivity index (χ2n) is 9.81. The Kier molecular flexibility index (Phi) is 26.0. The van der Waals surface area contributed by atoms with Gasteiger partial charge in [-0.15, -0.1) is 0 Å². The Morgan fingerprint density at radius 3 is 0.862 bits per heavy atom. The summed E-state index contributed by atoms with van der Waals surface area (Å²) in [5.41, 5.74) is 0. The molecule has 0 aliphatic heterocycles. The largest absolute Gasteiger partial charge is 0.0625 e. The zero-order valence-electron chi connectivity index (χ0n) is 20.7. The SMILES string of the molecule is [CH2]CCCCCCCCCCCCCCCCCCCCCCCCC(C)C[CH2]. The fourth-order valence-corrected chi connectivity index (χ4v) is 4.35. The lowest BCUT2D eigenvalue weighted by atomic mass is 9.99. The van der Waals surface area contributed by atoms with Gasteiger partial charge < -0.3 is 0 Å². The molecule has 0 bridgehead atoms. The van der Waals surface area contributed by atoms with Gasteiger partial charge in [-0.2, -0.15) is 0 Å². The summed E-state index contributed by atoms with van der Waals surface area (Å²) in [4.78, 5) is 0. The van der Waals surface area contributed by atoms with Crippen molar-refractivity contribution in [2.24, 2.45) is 5.92 Å². The lowest BCUT2D eigenvalue weighted by Gasteiger charge is -2.07. The Hall–Kier alpha value is 0. The molecular weight excluding hydrogens is 348 g/mol. The molecule has 0 N–H and O–H groups in total. The van der Waals surface area contributed by atoms with Crippen molar-refractivity contribution in [1.82, 2.24) is 0 Å². The third-order valence-electron chi connectivity index (χ3n) is 6.69. The van der Waals surface area contributed by atoms with E-state index in [4.69, 9.17) is 0 Å². The molecular formula is C29H58. The molecule has 0 nitrogen and oxygen atoms in total. The first kappa shape index (κ1) is 29.0. The number of hydrogen-bond acceptors (Lipinski definition) is 0. The van der Waals surface area contributed by atoms with Crippen LogP contribution in [0.4, 0.5) is 0 Å². The molecule has 0 aromatic rings. The minimum Gasteiger partial charge on any atom is -0.0625 e. The quantitative estimate of drug-likeness (QED) is 0.132. The van der Waals surface area contributed by atoms with Crippen LogP contribution in [0.1, 0.15) is 167 Å². The first-order chi connectivity index (χ1) is 14.3. The molecule has 0 saturated carbocycles. The molecule has 0 aromatic heterocycles. The van der Waals surface area contributed by atoms with Crippen molar-refractivity contribution in [2.75, 3.05) is 0 Å². The lowest BCUT2D eigenvalue weighted by Crippen LogP contribution is -1.91. The first-order valence-electron chi connectivity index (χ1n) is 13.9. The fraction of sp³-hybridized carbons (Fsp3) is 0.931. The van der Waals surface area contributed by atoms with E-state index < -0.39 is 0 Å². The fourth-order valence-electron chi connectivity index (χ4n) is 4.35. The molecule has 0 amide bonds. The normalized spacial score (nSPS) is 12.5. The predicted molar refractivity (Wildman–Crippen MR) is 135 cm³/mol. The van der Waals surface area contributed by atoms with Crippen LogP contribution in [0.5, 0.6) is 0 Å². The monoisotopic (exact) mass is 406 g/mol. The van der Waals surface area contributed by atoms with E-state index in [-0.39, 0.29) is 0 Å². The highest BCUT2D eigenvalue weighted by atomic mass is 14.0. The molecule has 0 aliphatic rings. The number of hydrogen-bond donors (Lipinski definition) is 0. The lowest BCUT2D eigenvalue weighted by molar-refractivity contribution is 0.480. The van der Waals surface area contributed by atoms with Crippen molar-refractivity contribution < 1.29 is 0 Å². The molecule has 0 rings (SSSR count). The third kappa shape index (κ3) is 26.0. The van der Waals surface area contributed by atoms with Crippen LogP contribution in [0.2, 0.25) is 0 Å². The average molecular weight is 407 g/mol. The zero-order chi connectivity index (χ0) is 21.3. The van der Waals surface area contributed by atoms with Gasteiger partial charge in [0.25, 0.3) is 0 Å². The summed E-state index contributed by atoms with van der Waals surface area (Å²) in [6.45, 7) is 10.2. The Morgan fingerprint density at radius 2 is 0.621 bits per heavy atom. The van der Waals surface area contributed by atoms with E-state index in [9.17, 15) is 0 Å². The smallest absolute Gasteiger partial charge is 0.0443 e. The van der Waals surface area contributed by atoms with E-state index in [0.717, 1.165) is 18.8 Å². The molecule has 0 heteroatoms. The second-order valence-corrected chi connectivity index (χ2v) is 9.81. The van der Waals surface area contributed by atoms with Crippen LogP contribution in [-0.2, 0) is 0 Å². The van der Waals surface area contributed by atoms with Crippen molar-refractivity contribution >= 4 is 0 Å². The van der Waals surface area contributed by atoms with Crippen LogP contribution in [-0.4, -0.2) is 0 Å². The Morgan fingerprint density at radius 1 is 0.379 bits per heavy atom. The van der Waals surface area contributed by atoms with Crippen LogP contribution in [0.3, 0.4) is 0 Å². The maximum Gasteiger partial charge on any atom is -0.0443 e. The second kappa shape index (κ2) is 26.0. The highest BCUT2D eigenvalue weighted by molar-refractivity contribution is 4.55. The van der Waals surface area contributed by atoms with Gasteiger partial charge in [0.05, 0.1) is 0 Å². The summed E-state index contributed by atoms with van der Waals surface area (Å²) >= 11 is 0. The van der Waals surface area contributed by atoms with Gasteiger partial charge in [-0.1, -0.05) is 181 Å². The van der Waals surface area contributed by atoms with Crippen molar-refractivity contribution in [3.05, 3.63) is 13.8 Å². The molecule has 0 heterocycles. The van der Waals surface area contributed by atoms with Crippen molar-refractivity contribution in [3.63, 3.8) is 0 Å². The molecule has 1 atom stereocenters. The van der Waals surface area contributed by atoms with Gasteiger partial charge in [0.1, 0.15) is 0 Å². The Bertz CT molecular complexity index is 269. The number of rotatable bonds is 25. The van der Waals surface area contributed by atoms with Crippen molar-refractivity contribution in [1.29, 1.82) is 0 Å². The van der Waals surface area contributed by atoms with Crippen LogP contribution in [0, 0.1) is 19.8 Å². The van der Waals surface area contributed by atoms with Gasteiger partial charge in [-0.05, 0) is 5.92 Å². The highest BCUT2D eigenvalue weighted by Crippen LogP contribution is 2.16. The molecule has 0 spiro atoms. The maximum absolute atomic E-state index is 3.99. The van der Waals surface area contributed by atoms with Gasteiger partial charge in [-0.25, -0.2) is 0 Å². The van der Waals surface area contributed by atoms with Crippen LogP contribution < -0.4 is 0 Å². The molecule has 0 fully saturated rings. The molecule has 2 radical (unpaired) electrons. The highest BCUT2D eigenvalue weighted by Gasteiger charge is 1.98. The maximum atomic E-state index is 3.99. The standard InChI is InChI=1S/C29H58/c1-4-6-7-8-9-10-11-12-13-14-15-16-17-18-19-20-21-22-23-24-25-26-27-28-29(3)5-2/h29H,1-2,4-28H2,3H3. The third-order valence-corrected chi connectivity index (χ3v) is 6.69. The zero-order valence-corrected chi connectivity index (χ0v) is 20.7. The van der Waals surface area contributed by atoms with E-state index in [0.29, 0.717) is 0 Å². The summed E-state index contributed by atoms with van der Waals surface area (Å²) in [6, 6.07) is 0. The van der Waals surface area contributed by atoms with E-state index in [2.05, 4.69) is 20.8 Å². The van der Waals surface area contributed by atoms with E-state index in [1.54, 1.807) is 0 Å².